The molecule has 2 fully saturated rings. The number of carbonyl (C=O) groups is 2. The summed E-state index contributed by atoms with van der Waals surface area (Å²) in [5.41, 5.74) is 0.280. The van der Waals surface area contributed by atoms with Gasteiger partial charge in [-0.1, -0.05) is 49.6 Å². The summed E-state index contributed by atoms with van der Waals surface area (Å²) >= 11 is 0. The van der Waals surface area contributed by atoms with E-state index >= 15 is 0 Å². The number of hydrogen-bond acceptors (Lipinski definition) is 4. The molecule has 4 rings (SSSR count). The average Bonchev–Trinajstić information content (AvgIpc) is 2.81. The van der Waals surface area contributed by atoms with E-state index in [1.165, 1.54) is 32.1 Å². The second-order valence-corrected chi connectivity index (χ2v) is 9.29. The highest BCUT2D eigenvalue weighted by molar-refractivity contribution is 6.03. The molecule has 0 unspecified atom stereocenters. The van der Waals surface area contributed by atoms with E-state index < -0.39 is 0 Å². The Hall–Kier alpha value is -2.60. The lowest BCUT2D eigenvalue weighted by Gasteiger charge is -2.41. The molecule has 6 nitrogen and oxygen atoms in total. The smallest absolute Gasteiger partial charge is 0.255 e. The molecule has 6 heteroatoms. The van der Waals surface area contributed by atoms with Crippen molar-refractivity contribution >= 4 is 22.6 Å². The Balaban J connectivity index is 1.44. The standard InChI is InChI=1S/C26H35N3O3/c1-2-27-26(32)23-16-20(14-15-29(23)17-18-8-4-3-5-9-18)28-25(31)22-13-12-19-10-6-7-11-21(19)24(22)30/h6-7,10-13,18,20,23,30H,2-5,8-9,14-17H2,1H3,(H,27,32)(H,28,31)/t20-,23+/m1/s1. The number of fused-ring (bicyclic) bond motifs is 1. The van der Waals surface area contributed by atoms with Gasteiger partial charge < -0.3 is 15.7 Å². The molecule has 2 aromatic rings. The van der Waals surface area contributed by atoms with Crippen LogP contribution in [0.15, 0.2) is 36.4 Å². The van der Waals surface area contributed by atoms with Gasteiger partial charge >= 0.3 is 0 Å². The van der Waals surface area contributed by atoms with Crippen LogP contribution < -0.4 is 10.6 Å². The number of rotatable bonds is 6. The van der Waals surface area contributed by atoms with Gasteiger partial charge in [0.05, 0.1) is 11.6 Å². The molecule has 32 heavy (non-hydrogen) atoms. The summed E-state index contributed by atoms with van der Waals surface area (Å²) in [5.74, 6) is 0.446. The zero-order valence-electron chi connectivity index (χ0n) is 19.0. The van der Waals surface area contributed by atoms with Crippen molar-refractivity contribution in [2.75, 3.05) is 19.6 Å². The Labute approximate surface area is 190 Å². The van der Waals surface area contributed by atoms with Gasteiger partial charge in [-0.05, 0) is 50.0 Å². The van der Waals surface area contributed by atoms with Crippen molar-refractivity contribution in [3.05, 3.63) is 42.0 Å². The average molecular weight is 438 g/mol. The molecule has 0 spiro atoms. The quantitative estimate of drug-likeness (QED) is 0.642. The van der Waals surface area contributed by atoms with Crippen molar-refractivity contribution in [3.8, 4) is 5.75 Å². The largest absolute Gasteiger partial charge is 0.506 e. The van der Waals surface area contributed by atoms with Gasteiger partial charge in [0, 0.05) is 31.1 Å². The molecule has 2 atom stereocenters. The molecule has 1 aliphatic carbocycles. The molecule has 1 heterocycles. The molecule has 0 aromatic heterocycles. The third-order valence-electron chi connectivity index (χ3n) is 7.06. The number of aromatic hydroxyl groups is 1. The molecule has 0 bridgehead atoms. The maximum atomic E-state index is 13.0. The van der Waals surface area contributed by atoms with Crippen LogP contribution in [-0.4, -0.2) is 53.5 Å². The minimum Gasteiger partial charge on any atom is -0.506 e. The third-order valence-corrected chi connectivity index (χ3v) is 7.06. The molecule has 2 amide bonds. The van der Waals surface area contributed by atoms with Gasteiger partial charge in [-0.15, -0.1) is 0 Å². The van der Waals surface area contributed by atoms with Gasteiger partial charge in [-0.3, -0.25) is 14.5 Å². The molecule has 1 saturated heterocycles. The minimum atomic E-state index is -0.284. The van der Waals surface area contributed by atoms with E-state index in [-0.39, 0.29) is 35.2 Å². The number of nitrogens with one attached hydrogen (secondary N) is 2. The highest BCUT2D eigenvalue weighted by Crippen LogP contribution is 2.30. The first-order chi connectivity index (χ1) is 15.6. The van der Waals surface area contributed by atoms with Gasteiger partial charge in [-0.2, -0.15) is 0 Å². The second kappa shape index (κ2) is 10.3. The third kappa shape index (κ3) is 5.07. The number of benzene rings is 2. The topological polar surface area (TPSA) is 81.7 Å². The van der Waals surface area contributed by atoms with Crippen molar-refractivity contribution in [1.29, 1.82) is 0 Å². The first kappa shape index (κ1) is 22.6. The molecule has 3 N–H and O–H groups in total. The monoisotopic (exact) mass is 437 g/mol. The SMILES string of the molecule is CCNC(=O)[C@@H]1C[C@H](NC(=O)c2ccc3ccccc3c2O)CCN1CC1CCCCC1. The fraction of sp³-hybridized carbons (Fsp3) is 0.538. The van der Waals surface area contributed by atoms with Crippen molar-refractivity contribution in [1.82, 2.24) is 15.5 Å². The lowest BCUT2D eigenvalue weighted by atomic mass is 9.87. The van der Waals surface area contributed by atoms with Crippen molar-refractivity contribution in [2.24, 2.45) is 5.92 Å². The Morgan fingerprint density at radius 1 is 1.06 bits per heavy atom. The molecule has 2 aliphatic rings. The van der Waals surface area contributed by atoms with E-state index in [1.807, 2.05) is 37.3 Å². The van der Waals surface area contributed by atoms with Crippen LogP contribution in [0.3, 0.4) is 0 Å². The van der Waals surface area contributed by atoms with E-state index in [9.17, 15) is 14.7 Å². The van der Waals surface area contributed by atoms with Crippen LogP contribution in [0.2, 0.25) is 0 Å². The fourth-order valence-electron chi connectivity index (χ4n) is 5.33. The summed E-state index contributed by atoms with van der Waals surface area (Å²) in [6.45, 7) is 4.31. The van der Waals surface area contributed by atoms with E-state index in [4.69, 9.17) is 0 Å². The molecule has 1 aliphatic heterocycles. The predicted molar refractivity (Wildman–Crippen MR) is 127 cm³/mol. The number of likely N-dealkylation sites (tertiary alicyclic amines) is 1. The molecule has 172 valence electrons. The van der Waals surface area contributed by atoms with E-state index in [2.05, 4.69) is 15.5 Å². The van der Waals surface area contributed by atoms with Gasteiger partial charge in [0.1, 0.15) is 5.75 Å². The Bertz CT molecular complexity index is 954. The number of hydrogen-bond donors (Lipinski definition) is 3. The van der Waals surface area contributed by atoms with Crippen molar-refractivity contribution < 1.29 is 14.7 Å². The van der Waals surface area contributed by atoms with Crippen molar-refractivity contribution in [3.63, 3.8) is 0 Å². The maximum Gasteiger partial charge on any atom is 0.255 e. The minimum absolute atomic E-state index is 0.00982. The van der Waals surface area contributed by atoms with Crippen LogP contribution in [0.25, 0.3) is 10.8 Å². The summed E-state index contributed by atoms with van der Waals surface area (Å²) in [6.07, 6.45) is 7.81. The lowest BCUT2D eigenvalue weighted by molar-refractivity contribution is -0.128. The number of carbonyl (C=O) groups excluding carboxylic acids is 2. The predicted octanol–water partition coefficient (Wildman–Crippen LogP) is 3.82. The number of nitrogens with zero attached hydrogens (tertiary/aromatic N) is 1. The van der Waals surface area contributed by atoms with Gasteiger partial charge in [0.25, 0.3) is 5.91 Å². The Kier molecular flexibility index (Phi) is 7.30. The summed E-state index contributed by atoms with van der Waals surface area (Å²) in [5, 5.41) is 18.3. The van der Waals surface area contributed by atoms with Gasteiger partial charge in [0.2, 0.25) is 5.91 Å². The molecule has 1 saturated carbocycles. The second-order valence-electron chi connectivity index (χ2n) is 9.29. The maximum absolute atomic E-state index is 13.0. The summed E-state index contributed by atoms with van der Waals surface area (Å²) in [7, 11) is 0. The van der Waals surface area contributed by atoms with Crippen LogP contribution in [0, 0.1) is 5.92 Å². The zero-order valence-corrected chi connectivity index (χ0v) is 19.0. The van der Waals surface area contributed by atoms with Crippen LogP contribution in [0.1, 0.15) is 62.2 Å². The molecule has 0 radical (unpaired) electrons. The Morgan fingerprint density at radius 3 is 2.62 bits per heavy atom. The molecular weight excluding hydrogens is 402 g/mol. The summed E-state index contributed by atoms with van der Waals surface area (Å²) in [6, 6.07) is 10.7. The van der Waals surface area contributed by atoms with E-state index in [1.54, 1.807) is 6.07 Å². The Morgan fingerprint density at radius 2 is 1.84 bits per heavy atom. The zero-order chi connectivity index (χ0) is 22.5. The molecule has 2 aromatic carbocycles. The van der Waals surface area contributed by atoms with Gasteiger partial charge in [0.15, 0.2) is 0 Å². The van der Waals surface area contributed by atoms with Crippen LogP contribution >= 0.6 is 0 Å². The summed E-state index contributed by atoms with van der Waals surface area (Å²) in [4.78, 5) is 28.2. The normalized spacial score (nSPS) is 22.5. The number of phenolic OH excluding ortho intramolecular Hbond substituents is 1. The highest BCUT2D eigenvalue weighted by atomic mass is 16.3. The van der Waals surface area contributed by atoms with Crippen LogP contribution in [0.5, 0.6) is 5.75 Å². The number of phenols is 1. The van der Waals surface area contributed by atoms with Crippen LogP contribution in [0.4, 0.5) is 0 Å². The number of piperidine rings is 1. The van der Waals surface area contributed by atoms with Crippen LogP contribution in [-0.2, 0) is 4.79 Å². The number of likely N-dealkylation sites (N-methyl/N-ethyl adjacent to an activating group) is 1. The first-order valence-corrected chi connectivity index (χ1v) is 12.1. The highest BCUT2D eigenvalue weighted by Gasteiger charge is 2.35. The number of amides is 2. The molecular formula is C26H35N3O3. The fourth-order valence-corrected chi connectivity index (χ4v) is 5.33. The summed E-state index contributed by atoms with van der Waals surface area (Å²) < 4.78 is 0. The van der Waals surface area contributed by atoms with Crippen molar-refractivity contribution in [2.45, 2.75) is 64.0 Å². The van der Waals surface area contributed by atoms with E-state index in [0.717, 1.165) is 24.9 Å². The van der Waals surface area contributed by atoms with E-state index in [0.29, 0.717) is 24.3 Å². The van der Waals surface area contributed by atoms with Gasteiger partial charge in [-0.25, -0.2) is 0 Å². The lowest BCUT2D eigenvalue weighted by Crippen LogP contribution is -2.56. The first-order valence-electron chi connectivity index (χ1n) is 12.1.